The van der Waals surface area contributed by atoms with Gasteiger partial charge in [-0.2, -0.15) is 0 Å². The average Bonchev–Trinajstić information content (AvgIpc) is 2.28. The standard InChI is InChI=1S/C14H19NO3/c1-11-3-2-4-12(7-11)5-6-15-13(17)14(8-16)9-18-10-14/h2-4,7,16H,5-6,8-10H2,1H3,(H,15,17). The molecule has 0 bridgehead atoms. The van der Waals surface area contributed by atoms with Gasteiger partial charge >= 0.3 is 0 Å². The predicted molar refractivity (Wildman–Crippen MR) is 68.2 cm³/mol. The fraction of sp³-hybridized carbons (Fsp3) is 0.500. The van der Waals surface area contributed by atoms with E-state index in [1.165, 1.54) is 11.1 Å². The van der Waals surface area contributed by atoms with Crippen LogP contribution in [0.3, 0.4) is 0 Å². The monoisotopic (exact) mass is 249 g/mol. The lowest BCUT2D eigenvalue weighted by molar-refractivity contribution is -0.169. The highest BCUT2D eigenvalue weighted by atomic mass is 16.5. The zero-order valence-corrected chi connectivity index (χ0v) is 10.6. The van der Waals surface area contributed by atoms with Crippen LogP contribution in [-0.2, 0) is 16.0 Å². The van der Waals surface area contributed by atoms with Gasteiger partial charge in [0.2, 0.25) is 5.91 Å². The molecule has 18 heavy (non-hydrogen) atoms. The van der Waals surface area contributed by atoms with Gasteiger partial charge in [-0.05, 0) is 18.9 Å². The van der Waals surface area contributed by atoms with Gasteiger partial charge in [-0.25, -0.2) is 0 Å². The van der Waals surface area contributed by atoms with Crippen LogP contribution >= 0.6 is 0 Å². The molecule has 0 aliphatic carbocycles. The number of aliphatic hydroxyl groups excluding tert-OH is 1. The van der Waals surface area contributed by atoms with E-state index in [4.69, 9.17) is 4.74 Å². The van der Waals surface area contributed by atoms with Gasteiger partial charge in [0, 0.05) is 6.54 Å². The number of aryl methyl sites for hydroxylation is 1. The number of hydrogen-bond donors (Lipinski definition) is 2. The van der Waals surface area contributed by atoms with Crippen LogP contribution in [0.25, 0.3) is 0 Å². The Kier molecular flexibility index (Phi) is 3.99. The maximum Gasteiger partial charge on any atom is 0.233 e. The minimum Gasteiger partial charge on any atom is -0.395 e. The fourth-order valence-corrected chi connectivity index (χ4v) is 2.02. The van der Waals surface area contributed by atoms with Crippen molar-refractivity contribution < 1.29 is 14.6 Å². The van der Waals surface area contributed by atoms with Crippen molar-refractivity contribution in [3.63, 3.8) is 0 Å². The van der Waals surface area contributed by atoms with Crippen molar-refractivity contribution in [2.24, 2.45) is 5.41 Å². The Morgan fingerprint density at radius 3 is 2.83 bits per heavy atom. The summed E-state index contributed by atoms with van der Waals surface area (Å²) in [5.74, 6) is -0.107. The van der Waals surface area contributed by atoms with E-state index in [9.17, 15) is 9.90 Å². The van der Waals surface area contributed by atoms with Crippen molar-refractivity contribution in [1.82, 2.24) is 5.32 Å². The third kappa shape index (κ3) is 2.71. The van der Waals surface area contributed by atoms with E-state index in [1.54, 1.807) is 0 Å². The summed E-state index contributed by atoms with van der Waals surface area (Å²) in [6.07, 6.45) is 0.801. The molecule has 0 atom stereocenters. The molecule has 0 spiro atoms. The minimum absolute atomic E-state index is 0.107. The van der Waals surface area contributed by atoms with Gasteiger partial charge in [0.1, 0.15) is 5.41 Å². The number of amides is 1. The summed E-state index contributed by atoms with van der Waals surface area (Å²) < 4.78 is 5.01. The molecule has 1 aromatic rings. The van der Waals surface area contributed by atoms with Gasteiger partial charge in [0.05, 0.1) is 19.8 Å². The van der Waals surface area contributed by atoms with E-state index in [1.807, 2.05) is 12.1 Å². The van der Waals surface area contributed by atoms with Crippen molar-refractivity contribution >= 4 is 5.91 Å². The number of carbonyl (C=O) groups excluding carboxylic acids is 1. The molecule has 4 heteroatoms. The van der Waals surface area contributed by atoms with E-state index in [2.05, 4.69) is 24.4 Å². The zero-order chi connectivity index (χ0) is 13.0. The zero-order valence-electron chi connectivity index (χ0n) is 10.6. The number of ether oxygens (including phenoxy) is 1. The maximum atomic E-state index is 11.9. The average molecular weight is 249 g/mol. The SMILES string of the molecule is Cc1cccc(CCNC(=O)C2(CO)COC2)c1. The summed E-state index contributed by atoms with van der Waals surface area (Å²) in [4.78, 5) is 11.9. The van der Waals surface area contributed by atoms with Gasteiger partial charge in [0.25, 0.3) is 0 Å². The molecule has 4 nitrogen and oxygen atoms in total. The molecule has 0 unspecified atom stereocenters. The topological polar surface area (TPSA) is 58.6 Å². The Morgan fingerprint density at radius 2 is 2.28 bits per heavy atom. The third-order valence-corrected chi connectivity index (χ3v) is 3.32. The summed E-state index contributed by atoms with van der Waals surface area (Å²) in [7, 11) is 0. The van der Waals surface area contributed by atoms with Crippen LogP contribution < -0.4 is 5.32 Å². The molecule has 2 N–H and O–H groups in total. The smallest absolute Gasteiger partial charge is 0.233 e. The van der Waals surface area contributed by atoms with Gasteiger partial charge < -0.3 is 15.2 Å². The Labute approximate surface area is 107 Å². The largest absolute Gasteiger partial charge is 0.395 e. The minimum atomic E-state index is -0.702. The van der Waals surface area contributed by atoms with Crippen LogP contribution in [0.2, 0.25) is 0 Å². The Bertz CT molecular complexity index is 421. The number of nitrogens with one attached hydrogen (secondary N) is 1. The second kappa shape index (κ2) is 5.50. The highest BCUT2D eigenvalue weighted by Crippen LogP contribution is 2.26. The first-order valence-electron chi connectivity index (χ1n) is 6.19. The van der Waals surface area contributed by atoms with E-state index < -0.39 is 5.41 Å². The third-order valence-electron chi connectivity index (χ3n) is 3.32. The highest BCUT2D eigenvalue weighted by molar-refractivity contribution is 5.83. The molecule has 0 saturated carbocycles. The molecule has 2 rings (SSSR count). The quantitative estimate of drug-likeness (QED) is 0.806. The maximum absolute atomic E-state index is 11.9. The molecule has 1 amide bonds. The Hall–Kier alpha value is -1.39. The Morgan fingerprint density at radius 1 is 1.50 bits per heavy atom. The summed E-state index contributed by atoms with van der Waals surface area (Å²) in [5.41, 5.74) is 1.73. The fourth-order valence-electron chi connectivity index (χ4n) is 2.02. The molecule has 0 aromatic heterocycles. The molecule has 0 radical (unpaired) electrons. The first kappa shape index (κ1) is 13.1. The molecular formula is C14H19NO3. The summed E-state index contributed by atoms with van der Waals surface area (Å²) in [6.45, 7) is 3.13. The number of benzene rings is 1. The van der Waals surface area contributed by atoms with Gasteiger partial charge in [-0.3, -0.25) is 4.79 Å². The lowest BCUT2D eigenvalue weighted by Crippen LogP contribution is -2.56. The number of rotatable bonds is 5. The van der Waals surface area contributed by atoms with Crippen LogP contribution in [0.1, 0.15) is 11.1 Å². The normalized spacial score (nSPS) is 17.0. The van der Waals surface area contributed by atoms with Crippen molar-refractivity contribution in [3.8, 4) is 0 Å². The van der Waals surface area contributed by atoms with E-state index in [0.717, 1.165) is 6.42 Å². The molecule has 98 valence electrons. The highest BCUT2D eigenvalue weighted by Gasteiger charge is 2.45. The predicted octanol–water partition coefficient (Wildman–Crippen LogP) is 0.663. The lowest BCUT2D eigenvalue weighted by atomic mass is 9.86. The Balaban J connectivity index is 1.80. The molecule has 1 saturated heterocycles. The number of hydrogen-bond acceptors (Lipinski definition) is 3. The van der Waals surface area contributed by atoms with Crippen LogP contribution in [0.5, 0.6) is 0 Å². The van der Waals surface area contributed by atoms with Crippen LogP contribution in [0.4, 0.5) is 0 Å². The molecule has 1 aliphatic heterocycles. The molecular weight excluding hydrogens is 230 g/mol. The second-order valence-corrected chi connectivity index (χ2v) is 4.93. The molecule has 1 heterocycles. The van der Waals surface area contributed by atoms with E-state index >= 15 is 0 Å². The first-order valence-corrected chi connectivity index (χ1v) is 6.19. The lowest BCUT2D eigenvalue weighted by Gasteiger charge is -2.38. The van der Waals surface area contributed by atoms with Crippen molar-refractivity contribution in [3.05, 3.63) is 35.4 Å². The number of carbonyl (C=O) groups is 1. The van der Waals surface area contributed by atoms with Crippen LogP contribution in [0.15, 0.2) is 24.3 Å². The van der Waals surface area contributed by atoms with E-state index in [0.29, 0.717) is 19.8 Å². The first-order chi connectivity index (χ1) is 8.66. The van der Waals surface area contributed by atoms with Crippen molar-refractivity contribution in [2.75, 3.05) is 26.4 Å². The van der Waals surface area contributed by atoms with Gasteiger partial charge in [-0.15, -0.1) is 0 Å². The van der Waals surface area contributed by atoms with Crippen molar-refractivity contribution in [1.29, 1.82) is 0 Å². The molecule has 1 aromatic carbocycles. The molecule has 1 fully saturated rings. The van der Waals surface area contributed by atoms with Crippen molar-refractivity contribution in [2.45, 2.75) is 13.3 Å². The van der Waals surface area contributed by atoms with Crippen LogP contribution in [-0.4, -0.2) is 37.4 Å². The number of aliphatic hydroxyl groups is 1. The molecule has 1 aliphatic rings. The van der Waals surface area contributed by atoms with E-state index in [-0.39, 0.29) is 12.5 Å². The second-order valence-electron chi connectivity index (χ2n) is 4.93. The van der Waals surface area contributed by atoms with Gasteiger partial charge in [0.15, 0.2) is 0 Å². The summed E-state index contributed by atoms with van der Waals surface area (Å²) >= 11 is 0. The van der Waals surface area contributed by atoms with Crippen LogP contribution in [0, 0.1) is 12.3 Å². The summed E-state index contributed by atoms with van der Waals surface area (Å²) in [5, 5.41) is 12.1. The summed E-state index contributed by atoms with van der Waals surface area (Å²) in [6, 6.07) is 8.23. The van der Waals surface area contributed by atoms with Gasteiger partial charge in [-0.1, -0.05) is 29.8 Å².